The molecule has 0 atom stereocenters. The summed E-state index contributed by atoms with van der Waals surface area (Å²) in [5, 5.41) is 5.74. The third-order valence-corrected chi connectivity index (χ3v) is 3.10. The maximum atomic E-state index is 13.0. The molecule has 122 valence electrons. The Hall–Kier alpha value is -2.47. The maximum Gasteiger partial charge on any atom is 0.319 e. The summed E-state index contributed by atoms with van der Waals surface area (Å²) < 4.78 is 23.4. The molecule has 0 aliphatic rings. The van der Waals surface area contributed by atoms with Crippen LogP contribution in [0.3, 0.4) is 0 Å². The van der Waals surface area contributed by atoms with Crippen molar-refractivity contribution in [2.75, 3.05) is 25.6 Å². The van der Waals surface area contributed by atoms with E-state index in [1.807, 2.05) is 0 Å². The monoisotopic (exact) mass is 338 g/mol. The lowest BCUT2D eigenvalue weighted by Gasteiger charge is -2.12. The van der Waals surface area contributed by atoms with Crippen molar-refractivity contribution < 1.29 is 18.7 Å². The van der Waals surface area contributed by atoms with Gasteiger partial charge in [-0.2, -0.15) is 0 Å². The summed E-state index contributed by atoms with van der Waals surface area (Å²) in [7, 11) is 1.50. The fourth-order valence-electron chi connectivity index (χ4n) is 1.83. The number of hydrogen-bond acceptors (Lipinski definition) is 3. The van der Waals surface area contributed by atoms with Gasteiger partial charge in [-0.1, -0.05) is 17.7 Å². The minimum atomic E-state index is -0.423. The highest BCUT2D eigenvalue weighted by atomic mass is 35.5. The minimum absolute atomic E-state index is 0.212. The van der Waals surface area contributed by atoms with E-state index in [1.54, 1.807) is 30.3 Å². The van der Waals surface area contributed by atoms with Crippen molar-refractivity contribution >= 4 is 23.3 Å². The molecule has 2 aromatic carbocycles. The van der Waals surface area contributed by atoms with Crippen molar-refractivity contribution in [1.82, 2.24) is 5.32 Å². The smallest absolute Gasteiger partial charge is 0.319 e. The molecule has 2 rings (SSSR count). The van der Waals surface area contributed by atoms with Gasteiger partial charge in [0.15, 0.2) is 0 Å². The third kappa shape index (κ3) is 5.34. The van der Waals surface area contributed by atoms with Crippen molar-refractivity contribution in [3.05, 3.63) is 53.3 Å². The van der Waals surface area contributed by atoms with Crippen LogP contribution in [0.1, 0.15) is 0 Å². The first-order valence-corrected chi connectivity index (χ1v) is 7.23. The van der Waals surface area contributed by atoms with E-state index in [1.165, 1.54) is 19.2 Å². The Bertz CT molecular complexity index is 682. The van der Waals surface area contributed by atoms with Gasteiger partial charge in [0.2, 0.25) is 0 Å². The van der Waals surface area contributed by atoms with Crippen LogP contribution in [0.25, 0.3) is 0 Å². The Morgan fingerprint density at radius 1 is 1.26 bits per heavy atom. The Kier molecular flexibility index (Phi) is 6.05. The summed E-state index contributed by atoms with van der Waals surface area (Å²) >= 11 is 5.89. The van der Waals surface area contributed by atoms with E-state index >= 15 is 0 Å². The molecule has 0 aromatic heterocycles. The van der Waals surface area contributed by atoms with Crippen LogP contribution in [-0.4, -0.2) is 26.3 Å². The van der Waals surface area contributed by atoms with Gasteiger partial charge in [0.1, 0.15) is 23.9 Å². The first-order valence-electron chi connectivity index (χ1n) is 6.85. The van der Waals surface area contributed by atoms with Crippen molar-refractivity contribution in [2.45, 2.75) is 0 Å². The molecule has 0 spiro atoms. The van der Waals surface area contributed by atoms with Gasteiger partial charge in [0.05, 0.1) is 19.3 Å². The van der Waals surface area contributed by atoms with Crippen LogP contribution in [0.2, 0.25) is 5.02 Å². The van der Waals surface area contributed by atoms with Crippen molar-refractivity contribution in [1.29, 1.82) is 0 Å². The zero-order valence-electron chi connectivity index (χ0n) is 12.4. The average molecular weight is 339 g/mol. The predicted molar refractivity (Wildman–Crippen MR) is 86.9 cm³/mol. The second kappa shape index (κ2) is 8.24. The van der Waals surface area contributed by atoms with E-state index in [-0.39, 0.29) is 19.0 Å². The average Bonchev–Trinajstić information content (AvgIpc) is 2.52. The van der Waals surface area contributed by atoms with Crippen molar-refractivity contribution in [3.8, 4) is 11.5 Å². The molecule has 0 heterocycles. The molecule has 0 aliphatic carbocycles. The van der Waals surface area contributed by atoms with E-state index in [0.717, 1.165) is 0 Å². The van der Waals surface area contributed by atoms with Crippen LogP contribution in [0.4, 0.5) is 14.9 Å². The zero-order valence-corrected chi connectivity index (χ0v) is 13.2. The van der Waals surface area contributed by atoms with Gasteiger partial charge in [-0.15, -0.1) is 0 Å². The number of halogens is 2. The Labute approximate surface area is 138 Å². The highest BCUT2D eigenvalue weighted by Gasteiger charge is 2.07. The van der Waals surface area contributed by atoms with Crippen molar-refractivity contribution in [2.24, 2.45) is 0 Å². The first-order chi connectivity index (χ1) is 11.1. The standard InChI is InChI=1S/C16H16ClFN2O3/c1-22-15-6-5-11(17)9-14(15)20-16(21)19-7-8-23-13-4-2-3-12(18)10-13/h2-6,9-10H,7-8H2,1H3,(H2,19,20,21). The zero-order chi connectivity index (χ0) is 16.7. The van der Waals surface area contributed by atoms with Crippen LogP contribution in [0.5, 0.6) is 11.5 Å². The molecule has 2 amide bonds. The Morgan fingerprint density at radius 2 is 2.09 bits per heavy atom. The molecule has 5 nitrogen and oxygen atoms in total. The van der Waals surface area contributed by atoms with Crippen LogP contribution >= 0.6 is 11.6 Å². The van der Waals surface area contributed by atoms with E-state index in [9.17, 15) is 9.18 Å². The fourth-order valence-corrected chi connectivity index (χ4v) is 2.01. The number of anilines is 1. The van der Waals surface area contributed by atoms with Gasteiger partial charge in [-0.25, -0.2) is 9.18 Å². The molecule has 0 fully saturated rings. The third-order valence-electron chi connectivity index (χ3n) is 2.86. The van der Waals surface area contributed by atoms with Crippen LogP contribution in [0.15, 0.2) is 42.5 Å². The number of methoxy groups -OCH3 is 1. The topological polar surface area (TPSA) is 59.6 Å². The molecule has 7 heteroatoms. The molecular weight excluding hydrogens is 323 g/mol. The molecule has 0 unspecified atom stereocenters. The summed E-state index contributed by atoms with van der Waals surface area (Å²) in [4.78, 5) is 11.8. The second-order valence-electron chi connectivity index (χ2n) is 4.53. The number of urea groups is 1. The number of rotatable bonds is 6. The number of hydrogen-bond donors (Lipinski definition) is 2. The van der Waals surface area contributed by atoms with E-state index in [0.29, 0.717) is 22.2 Å². The number of nitrogens with one attached hydrogen (secondary N) is 2. The number of carbonyl (C=O) groups is 1. The molecule has 0 saturated carbocycles. The molecule has 0 saturated heterocycles. The van der Waals surface area contributed by atoms with Crippen LogP contribution in [-0.2, 0) is 0 Å². The number of benzene rings is 2. The van der Waals surface area contributed by atoms with E-state index in [2.05, 4.69) is 10.6 Å². The lowest BCUT2D eigenvalue weighted by atomic mass is 10.3. The van der Waals surface area contributed by atoms with Gasteiger partial charge < -0.3 is 20.1 Å². The molecule has 0 radical (unpaired) electrons. The lowest BCUT2D eigenvalue weighted by Crippen LogP contribution is -2.32. The molecule has 0 aliphatic heterocycles. The number of amides is 2. The van der Waals surface area contributed by atoms with E-state index < -0.39 is 6.03 Å². The summed E-state index contributed by atoms with van der Waals surface area (Å²) in [6.07, 6.45) is 0. The summed E-state index contributed by atoms with van der Waals surface area (Å²) in [6.45, 7) is 0.467. The SMILES string of the molecule is COc1ccc(Cl)cc1NC(=O)NCCOc1cccc(F)c1. The highest BCUT2D eigenvalue weighted by molar-refractivity contribution is 6.31. The number of ether oxygens (including phenoxy) is 2. The lowest BCUT2D eigenvalue weighted by molar-refractivity contribution is 0.247. The van der Waals surface area contributed by atoms with Crippen LogP contribution < -0.4 is 20.1 Å². The normalized spacial score (nSPS) is 10.0. The molecule has 2 N–H and O–H groups in total. The van der Waals surface area contributed by atoms with Gasteiger partial charge in [0, 0.05) is 11.1 Å². The van der Waals surface area contributed by atoms with Gasteiger partial charge in [-0.05, 0) is 30.3 Å². The van der Waals surface area contributed by atoms with Crippen molar-refractivity contribution in [3.63, 3.8) is 0 Å². The molecule has 2 aromatic rings. The van der Waals surface area contributed by atoms with E-state index in [4.69, 9.17) is 21.1 Å². The summed E-state index contributed by atoms with van der Waals surface area (Å²) in [6, 6.07) is 10.3. The predicted octanol–water partition coefficient (Wildman–Crippen LogP) is 3.69. The summed E-state index contributed by atoms with van der Waals surface area (Å²) in [5.41, 5.74) is 0.462. The molecule has 0 bridgehead atoms. The van der Waals surface area contributed by atoms with Gasteiger partial charge in [-0.3, -0.25) is 0 Å². The summed E-state index contributed by atoms with van der Waals surface area (Å²) in [5.74, 6) is 0.533. The maximum absolute atomic E-state index is 13.0. The molecule has 23 heavy (non-hydrogen) atoms. The Balaban J connectivity index is 1.78. The minimum Gasteiger partial charge on any atom is -0.495 e. The Morgan fingerprint density at radius 3 is 2.83 bits per heavy atom. The molecular formula is C16H16ClFN2O3. The van der Waals surface area contributed by atoms with Gasteiger partial charge >= 0.3 is 6.03 Å². The quantitative estimate of drug-likeness (QED) is 0.790. The highest BCUT2D eigenvalue weighted by Crippen LogP contribution is 2.27. The first kappa shape index (κ1) is 16.9. The van der Waals surface area contributed by atoms with Crippen LogP contribution in [0, 0.1) is 5.82 Å². The largest absolute Gasteiger partial charge is 0.495 e. The van der Waals surface area contributed by atoms with Gasteiger partial charge in [0.25, 0.3) is 0 Å². The second-order valence-corrected chi connectivity index (χ2v) is 4.97. The number of carbonyl (C=O) groups excluding carboxylic acids is 1. The fraction of sp³-hybridized carbons (Fsp3) is 0.188.